The van der Waals surface area contributed by atoms with Crippen molar-refractivity contribution in [2.45, 2.75) is 38.9 Å². The van der Waals surface area contributed by atoms with Gasteiger partial charge < -0.3 is 13.9 Å². The van der Waals surface area contributed by atoms with Crippen LogP contribution in [-0.2, 0) is 4.74 Å². The summed E-state index contributed by atoms with van der Waals surface area (Å²) in [5, 5.41) is 0.112. The fraction of sp³-hybridized carbons (Fsp3) is 0.533. The van der Waals surface area contributed by atoms with Gasteiger partial charge in [-0.25, -0.2) is 4.79 Å². The third-order valence-corrected chi connectivity index (χ3v) is 8.12. The number of carbonyl (C=O) groups is 1. The van der Waals surface area contributed by atoms with Crippen LogP contribution >= 0.6 is 0 Å². The lowest BCUT2D eigenvalue weighted by Crippen LogP contribution is -2.43. The molecule has 0 aromatic heterocycles. The fourth-order valence-corrected chi connectivity index (χ4v) is 2.48. The van der Waals surface area contributed by atoms with Gasteiger partial charge in [0.15, 0.2) is 0 Å². The summed E-state index contributed by atoms with van der Waals surface area (Å²) in [5.41, 5.74) is 0.401. The summed E-state index contributed by atoms with van der Waals surface area (Å²) in [6.07, 6.45) is 0. The van der Waals surface area contributed by atoms with Crippen LogP contribution in [0.15, 0.2) is 18.2 Å². The number of benzene rings is 1. The number of methoxy groups -OCH3 is 2. The van der Waals surface area contributed by atoms with E-state index in [4.69, 9.17) is 13.9 Å². The zero-order chi connectivity index (χ0) is 15.6. The fourth-order valence-electron chi connectivity index (χ4n) is 1.46. The summed E-state index contributed by atoms with van der Waals surface area (Å²) in [6.45, 7) is 10.9. The molecule has 0 N–H and O–H groups in total. The normalized spacial score (nSPS) is 11.9. The molecule has 4 nitrogen and oxygen atoms in total. The zero-order valence-corrected chi connectivity index (χ0v) is 14.4. The Kier molecular flexibility index (Phi) is 4.86. The van der Waals surface area contributed by atoms with Crippen molar-refractivity contribution in [3.8, 4) is 11.5 Å². The van der Waals surface area contributed by atoms with Crippen molar-refractivity contribution in [1.29, 1.82) is 0 Å². The molecule has 1 aromatic rings. The van der Waals surface area contributed by atoms with Crippen LogP contribution < -0.4 is 9.16 Å². The molecule has 0 aliphatic rings. The standard InChI is InChI=1S/C15H24O4Si/c1-15(2,3)20(6,7)19-11-8-9-12(14(16)18-5)13(10-11)17-4/h8-10H,1-7H3. The van der Waals surface area contributed by atoms with E-state index in [0.717, 1.165) is 5.75 Å². The third kappa shape index (κ3) is 3.54. The Balaban J connectivity index is 3.09. The van der Waals surface area contributed by atoms with Crippen LogP contribution in [0.1, 0.15) is 31.1 Å². The molecular formula is C15H24O4Si. The van der Waals surface area contributed by atoms with Gasteiger partial charge in [0.05, 0.1) is 14.2 Å². The van der Waals surface area contributed by atoms with Crippen molar-refractivity contribution in [1.82, 2.24) is 0 Å². The topological polar surface area (TPSA) is 44.8 Å². The van der Waals surface area contributed by atoms with Crippen LogP contribution in [0.25, 0.3) is 0 Å². The molecule has 1 rings (SSSR count). The molecule has 0 aliphatic carbocycles. The average Bonchev–Trinajstić information content (AvgIpc) is 2.35. The van der Waals surface area contributed by atoms with Crippen molar-refractivity contribution in [3.63, 3.8) is 0 Å². The monoisotopic (exact) mass is 296 g/mol. The summed E-state index contributed by atoms with van der Waals surface area (Å²) in [5.74, 6) is 0.773. The first kappa shape index (κ1) is 16.6. The second-order valence-corrected chi connectivity index (χ2v) is 10.9. The molecule has 0 saturated carbocycles. The highest BCUT2D eigenvalue weighted by Gasteiger charge is 2.39. The largest absolute Gasteiger partial charge is 0.543 e. The molecule has 20 heavy (non-hydrogen) atoms. The van der Waals surface area contributed by atoms with Crippen molar-refractivity contribution in [2.75, 3.05) is 14.2 Å². The summed E-state index contributed by atoms with van der Waals surface area (Å²) >= 11 is 0. The Labute approximate surface area is 122 Å². The van der Waals surface area contributed by atoms with E-state index in [1.807, 2.05) is 0 Å². The predicted molar refractivity (Wildman–Crippen MR) is 82.2 cm³/mol. The van der Waals surface area contributed by atoms with Gasteiger partial charge in [0.1, 0.15) is 17.1 Å². The van der Waals surface area contributed by atoms with Gasteiger partial charge in [-0.15, -0.1) is 0 Å². The van der Waals surface area contributed by atoms with Crippen LogP contribution in [0.5, 0.6) is 11.5 Å². The first-order valence-corrected chi connectivity index (χ1v) is 9.48. The van der Waals surface area contributed by atoms with Gasteiger partial charge in [0.2, 0.25) is 8.32 Å². The Morgan fingerprint density at radius 2 is 1.75 bits per heavy atom. The van der Waals surface area contributed by atoms with Crippen LogP contribution in [0.2, 0.25) is 18.1 Å². The molecule has 0 bridgehead atoms. The number of hydrogen-bond acceptors (Lipinski definition) is 4. The molecule has 0 unspecified atom stereocenters. The molecule has 1 aromatic carbocycles. The highest BCUT2D eigenvalue weighted by molar-refractivity contribution is 6.74. The summed E-state index contributed by atoms with van der Waals surface area (Å²) in [4.78, 5) is 11.6. The molecule has 0 heterocycles. The van der Waals surface area contributed by atoms with E-state index in [1.165, 1.54) is 14.2 Å². The predicted octanol–water partition coefficient (Wildman–Crippen LogP) is 3.87. The Morgan fingerprint density at radius 3 is 2.20 bits per heavy atom. The second-order valence-electron chi connectivity index (χ2n) is 6.22. The maximum atomic E-state index is 11.6. The summed E-state index contributed by atoms with van der Waals surface area (Å²) < 4.78 is 16.2. The van der Waals surface area contributed by atoms with E-state index in [0.29, 0.717) is 11.3 Å². The van der Waals surface area contributed by atoms with Gasteiger partial charge in [0, 0.05) is 6.07 Å². The van der Waals surface area contributed by atoms with Crippen molar-refractivity contribution < 1.29 is 18.7 Å². The molecule has 0 spiro atoms. The van der Waals surface area contributed by atoms with E-state index < -0.39 is 14.3 Å². The Morgan fingerprint density at radius 1 is 1.15 bits per heavy atom. The molecule has 5 heteroatoms. The zero-order valence-electron chi connectivity index (χ0n) is 13.4. The number of carbonyl (C=O) groups excluding carboxylic acids is 1. The molecule has 0 fully saturated rings. The second kappa shape index (κ2) is 5.87. The molecule has 0 amide bonds. The minimum Gasteiger partial charge on any atom is -0.543 e. The van der Waals surface area contributed by atoms with E-state index in [1.54, 1.807) is 18.2 Å². The van der Waals surface area contributed by atoms with Crippen LogP contribution in [0.4, 0.5) is 0 Å². The summed E-state index contributed by atoms with van der Waals surface area (Å²) in [7, 11) is 0.969. The van der Waals surface area contributed by atoms with Crippen molar-refractivity contribution in [3.05, 3.63) is 23.8 Å². The first-order chi connectivity index (χ1) is 9.12. The van der Waals surface area contributed by atoms with Gasteiger partial charge in [-0.2, -0.15) is 0 Å². The Bertz CT molecular complexity index is 489. The average molecular weight is 296 g/mol. The number of ether oxygens (including phenoxy) is 2. The van der Waals surface area contributed by atoms with Crippen LogP contribution in [-0.4, -0.2) is 28.5 Å². The minimum atomic E-state index is -1.91. The smallest absolute Gasteiger partial charge is 0.341 e. The van der Waals surface area contributed by atoms with E-state index in [-0.39, 0.29) is 5.04 Å². The molecular weight excluding hydrogens is 272 g/mol. The SMILES string of the molecule is COC(=O)c1ccc(O[Si](C)(C)C(C)(C)C)cc1OC. The maximum Gasteiger partial charge on any atom is 0.341 e. The van der Waals surface area contributed by atoms with E-state index in [9.17, 15) is 4.79 Å². The number of esters is 1. The lowest BCUT2D eigenvalue weighted by molar-refractivity contribution is 0.0597. The van der Waals surface area contributed by atoms with Crippen molar-refractivity contribution in [2.24, 2.45) is 0 Å². The van der Waals surface area contributed by atoms with E-state index >= 15 is 0 Å². The summed E-state index contributed by atoms with van der Waals surface area (Å²) in [6, 6.07) is 5.20. The van der Waals surface area contributed by atoms with Gasteiger partial charge in [-0.3, -0.25) is 0 Å². The maximum absolute atomic E-state index is 11.6. The molecule has 0 saturated heterocycles. The first-order valence-electron chi connectivity index (χ1n) is 6.58. The van der Waals surface area contributed by atoms with Gasteiger partial charge in [0.25, 0.3) is 0 Å². The van der Waals surface area contributed by atoms with Crippen LogP contribution in [0.3, 0.4) is 0 Å². The lowest BCUT2D eigenvalue weighted by Gasteiger charge is -2.36. The van der Waals surface area contributed by atoms with Crippen molar-refractivity contribution >= 4 is 14.3 Å². The molecule has 0 radical (unpaired) electrons. The highest BCUT2D eigenvalue weighted by Crippen LogP contribution is 2.38. The molecule has 0 atom stereocenters. The third-order valence-electron chi connectivity index (χ3n) is 3.76. The Hall–Kier alpha value is -1.49. The van der Waals surface area contributed by atoms with Gasteiger partial charge in [-0.05, 0) is 30.3 Å². The quantitative estimate of drug-likeness (QED) is 0.625. The molecule has 0 aliphatic heterocycles. The van der Waals surface area contributed by atoms with Crippen LogP contribution in [0, 0.1) is 0 Å². The van der Waals surface area contributed by atoms with Gasteiger partial charge in [-0.1, -0.05) is 20.8 Å². The minimum absolute atomic E-state index is 0.112. The highest BCUT2D eigenvalue weighted by atomic mass is 28.4. The lowest BCUT2D eigenvalue weighted by atomic mass is 10.2. The molecule has 112 valence electrons. The number of rotatable bonds is 4. The van der Waals surface area contributed by atoms with E-state index in [2.05, 4.69) is 33.9 Å². The number of hydrogen-bond donors (Lipinski definition) is 0. The van der Waals surface area contributed by atoms with Gasteiger partial charge >= 0.3 is 5.97 Å².